The van der Waals surface area contributed by atoms with Crippen LogP contribution in [-0.4, -0.2) is 39.7 Å². The van der Waals surface area contributed by atoms with E-state index >= 15 is 0 Å². The summed E-state index contributed by atoms with van der Waals surface area (Å²) >= 11 is 0. The van der Waals surface area contributed by atoms with Crippen molar-refractivity contribution in [3.8, 4) is 0 Å². The average Bonchev–Trinajstić information content (AvgIpc) is 3.14. The van der Waals surface area contributed by atoms with E-state index in [1.165, 1.54) is 11.1 Å². The number of ketones is 1. The third-order valence-corrected chi connectivity index (χ3v) is 12.5. The summed E-state index contributed by atoms with van der Waals surface area (Å²) in [4.78, 5) is 13.1. The molecule has 0 radical (unpaired) electrons. The molecule has 0 bridgehead atoms. The Morgan fingerprint density at radius 2 is 1.87 bits per heavy atom. The predicted molar refractivity (Wildman–Crippen MR) is 124 cm³/mol. The zero-order valence-electron chi connectivity index (χ0n) is 20.3. The maximum Gasteiger partial charge on any atom is 0.192 e. The molecule has 3 rings (SSSR count). The normalized spacial score (nSPS) is 33.3. The Balaban J connectivity index is 1.95. The SMILES string of the molecule is CC(C)=CC[C@@H]1C[C@@]2(C)C(=CC1=O)[C@H](O[Si](C)(C)C(C)(C)C)CC[C@@H]2C1OCCO1. The van der Waals surface area contributed by atoms with Crippen molar-refractivity contribution in [2.24, 2.45) is 17.3 Å². The van der Waals surface area contributed by atoms with Gasteiger partial charge in [0.15, 0.2) is 20.4 Å². The van der Waals surface area contributed by atoms with E-state index in [9.17, 15) is 4.79 Å². The lowest BCUT2D eigenvalue weighted by Crippen LogP contribution is -2.53. The van der Waals surface area contributed by atoms with E-state index in [1.807, 2.05) is 6.08 Å². The maximum absolute atomic E-state index is 13.1. The fourth-order valence-electron chi connectivity index (χ4n) is 5.08. The Bertz CT molecular complexity index is 707. The zero-order valence-corrected chi connectivity index (χ0v) is 21.3. The topological polar surface area (TPSA) is 44.8 Å². The first-order valence-corrected chi connectivity index (χ1v) is 14.6. The smallest absolute Gasteiger partial charge is 0.192 e. The van der Waals surface area contributed by atoms with Gasteiger partial charge in [0.25, 0.3) is 0 Å². The summed E-state index contributed by atoms with van der Waals surface area (Å²) in [5.74, 6) is 0.565. The van der Waals surface area contributed by atoms with Crippen molar-refractivity contribution < 1.29 is 18.7 Å². The van der Waals surface area contributed by atoms with Crippen molar-refractivity contribution in [2.45, 2.75) is 97.8 Å². The van der Waals surface area contributed by atoms with Crippen molar-refractivity contribution >= 4 is 14.1 Å². The van der Waals surface area contributed by atoms with Crippen LogP contribution in [0.4, 0.5) is 0 Å². The lowest BCUT2D eigenvalue weighted by Gasteiger charge is -2.53. The van der Waals surface area contributed by atoms with Crippen LogP contribution in [0.25, 0.3) is 0 Å². The minimum atomic E-state index is -1.95. The highest BCUT2D eigenvalue weighted by Gasteiger charge is 2.54. The fourth-order valence-corrected chi connectivity index (χ4v) is 6.38. The number of hydrogen-bond acceptors (Lipinski definition) is 4. The van der Waals surface area contributed by atoms with Crippen molar-refractivity contribution in [3.63, 3.8) is 0 Å². The summed E-state index contributed by atoms with van der Waals surface area (Å²) in [5, 5.41) is 0.142. The van der Waals surface area contributed by atoms with E-state index in [4.69, 9.17) is 13.9 Å². The monoisotopic (exact) mass is 434 g/mol. The third kappa shape index (κ3) is 4.69. The van der Waals surface area contributed by atoms with E-state index in [2.05, 4.69) is 60.7 Å². The lowest BCUT2D eigenvalue weighted by atomic mass is 9.56. The minimum absolute atomic E-state index is 0.0295. The van der Waals surface area contributed by atoms with Gasteiger partial charge in [-0.2, -0.15) is 0 Å². The molecule has 1 aliphatic heterocycles. The molecule has 1 saturated heterocycles. The van der Waals surface area contributed by atoms with Gasteiger partial charge in [-0.1, -0.05) is 39.3 Å². The molecule has 0 amide bonds. The van der Waals surface area contributed by atoms with Crippen LogP contribution in [-0.2, 0) is 18.7 Å². The fraction of sp³-hybridized carbons (Fsp3) is 0.800. The van der Waals surface area contributed by atoms with Gasteiger partial charge in [-0.25, -0.2) is 0 Å². The highest BCUT2D eigenvalue weighted by molar-refractivity contribution is 6.74. The first kappa shape index (κ1) is 23.9. The molecule has 170 valence electrons. The van der Waals surface area contributed by atoms with Crippen molar-refractivity contribution in [2.75, 3.05) is 13.2 Å². The second kappa shape index (κ2) is 8.65. The van der Waals surface area contributed by atoms with E-state index in [-0.39, 0.29) is 40.5 Å². The van der Waals surface area contributed by atoms with Crippen molar-refractivity contribution in [1.29, 1.82) is 0 Å². The van der Waals surface area contributed by atoms with Gasteiger partial charge < -0.3 is 13.9 Å². The van der Waals surface area contributed by atoms with Gasteiger partial charge in [0.1, 0.15) is 0 Å². The Hall–Kier alpha value is -0.753. The molecule has 0 aromatic rings. The largest absolute Gasteiger partial charge is 0.410 e. The van der Waals surface area contributed by atoms with Crippen LogP contribution < -0.4 is 0 Å². The molecule has 4 atom stereocenters. The number of carbonyl (C=O) groups is 1. The van der Waals surface area contributed by atoms with Gasteiger partial charge in [0.05, 0.1) is 19.3 Å². The molecule has 1 saturated carbocycles. The molecule has 1 heterocycles. The van der Waals surface area contributed by atoms with Crippen LogP contribution >= 0.6 is 0 Å². The Morgan fingerprint density at radius 3 is 2.43 bits per heavy atom. The number of allylic oxidation sites excluding steroid dienone is 3. The quantitative estimate of drug-likeness (QED) is 0.391. The van der Waals surface area contributed by atoms with E-state index in [0.717, 1.165) is 25.7 Å². The lowest BCUT2D eigenvalue weighted by molar-refractivity contribution is -0.139. The number of carbonyl (C=O) groups excluding carboxylic acids is 1. The van der Waals surface area contributed by atoms with Crippen LogP contribution in [0.3, 0.4) is 0 Å². The molecule has 0 unspecified atom stereocenters. The highest BCUT2D eigenvalue weighted by atomic mass is 28.4. The first-order chi connectivity index (χ1) is 13.8. The summed E-state index contributed by atoms with van der Waals surface area (Å²) in [6, 6.07) is 0. The van der Waals surface area contributed by atoms with Gasteiger partial charge in [0, 0.05) is 11.8 Å². The third-order valence-electron chi connectivity index (χ3n) is 7.96. The Morgan fingerprint density at radius 1 is 1.23 bits per heavy atom. The molecule has 0 aromatic carbocycles. The maximum atomic E-state index is 13.1. The van der Waals surface area contributed by atoms with Gasteiger partial charge in [0.2, 0.25) is 0 Å². The summed E-state index contributed by atoms with van der Waals surface area (Å²) in [5.41, 5.74) is 2.33. The predicted octanol–water partition coefficient (Wildman–Crippen LogP) is 6.04. The molecule has 3 aliphatic rings. The van der Waals surface area contributed by atoms with E-state index in [1.54, 1.807) is 0 Å². The number of fused-ring (bicyclic) bond motifs is 1. The standard InChI is InChI=1S/C25H42O4Si/c1-17(2)9-10-18-16-25(6)19(23-27-13-14-28-23)11-12-22(20(25)15-21(18)26)29-30(7,8)24(3,4)5/h9,15,18-19,22-23H,10-14,16H2,1-8H3/t18-,19-,22-,25-/m1/s1. The number of hydrogen-bond donors (Lipinski definition) is 0. The van der Waals surface area contributed by atoms with Crippen molar-refractivity contribution in [3.05, 3.63) is 23.3 Å². The molecule has 2 aliphatic carbocycles. The molecule has 5 heteroatoms. The molecule has 2 fully saturated rings. The second-order valence-electron chi connectivity index (χ2n) is 11.5. The zero-order chi connectivity index (χ0) is 22.3. The van der Waals surface area contributed by atoms with Gasteiger partial charge >= 0.3 is 0 Å². The van der Waals surface area contributed by atoms with Gasteiger partial charge in [-0.15, -0.1) is 0 Å². The Kier molecular flexibility index (Phi) is 6.89. The van der Waals surface area contributed by atoms with Crippen LogP contribution in [0, 0.1) is 17.3 Å². The van der Waals surface area contributed by atoms with Crippen LogP contribution in [0.15, 0.2) is 23.3 Å². The molecule has 30 heavy (non-hydrogen) atoms. The summed E-state index contributed by atoms with van der Waals surface area (Å²) in [6.07, 6.45) is 7.64. The molecule has 0 aromatic heterocycles. The van der Waals surface area contributed by atoms with Gasteiger partial charge in [-0.3, -0.25) is 4.79 Å². The van der Waals surface area contributed by atoms with E-state index in [0.29, 0.717) is 13.2 Å². The molecule has 0 spiro atoms. The van der Waals surface area contributed by atoms with E-state index < -0.39 is 8.32 Å². The highest BCUT2D eigenvalue weighted by Crippen LogP contribution is 2.56. The molecule has 4 nitrogen and oxygen atoms in total. The summed E-state index contributed by atoms with van der Waals surface area (Å²) in [7, 11) is -1.95. The van der Waals surface area contributed by atoms with Gasteiger partial charge in [-0.05, 0) is 74.7 Å². The minimum Gasteiger partial charge on any atom is -0.410 e. The molecular formula is C25H42O4Si. The molecule has 0 N–H and O–H groups in total. The summed E-state index contributed by atoms with van der Waals surface area (Å²) in [6.45, 7) is 19.3. The van der Waals surface area contributed by atoms with Crippen molar-refractivity contribution in [1.82, 2.24) is 0 Å². The summed E-state index contributed by atoms with van der Waals surface area (Å²) < 4.78 is 18.9. The number of ether oxygens (including phenoxy) is 2. The van der Waals surface area contributed by atoms with Crippen LogP contribution in [0.5, 0.6) is 0 Å². The van der Waals surface area contributed by atoms with Crippen LogP contribution in [0.1, 0.15) is 67.2 Å². The molecular weight excluding hydrogens is 392 g/mol. The first-order valence-electron chi connectivity index (χ1n) is 11.7. The van der Waals surface area contributed by atoms with Crippen LogP contribution in [0.2, 0.25) is 18.1 Å². The Labute approximate surface area is 184 Å². The average molecular weight is 435 g/mol. The second-order valence-corrected chi connectivity index (χ2v) is 16.3. The number of rotatable bonds is 5.